The van der Waals surface area contributed by atoms with Crippen LogP contribution in [0, 0.1) is 11.3 Å². The van der Waals surface area contributed by atoms with E-state index in [1.165, 1.54) is 77.5 Å². The molecule has 218 valence electrons. The Balaban J connectivity index is 1.63. The van der Waals surface area contributed by atoms with Crippen molar-refractivity contribution in [2.75, 3.05) is 0 Å². The average molecular weight is 588 g/mol. The molecule has 46 heavy (non-hydrogen) atoms. The lowest BCUT2D eigenvalue weighted by Gasteiger charge is -2.27. The standard InChI is InChI=1S/C45H33N/c1-45(2,3)35-26-24-34(25-27-35)40-39(33-22-20-29(28-46)21-23-33)41(31-12-6-4-7-13-31)43-36-18-10-16-30-17-11-19-37(38(30)36)44(43)42(40)32-14-8-5-9-15-32/h4-27H,1-3H3. The van der Waals surface area contributed by atoms with Crippen molar-refractivity contribution >= 4 is 10.8 Å². The predicted octanol–water partition coefficient (Wildman–Crippen LogP) is 12.3. The zero-order valence-corrected chi connectivity index (χ0v) is 26.3. The van der Waals surface area contributed by atoms with Crippen molar-refractivity contribution < 1.29 is 0 Å². The van der Waals surface area contributed by atoms with Gasteiger partial charge >= 0.3 is 0 Å². The van der Waals surface area contributed by atoms with Crippen molar-refractivity contribution in [1.82, 2.24) is 0 Å². The molecular formula is C45H33N. The largest absolute Gasteiger partial charge is 0.192 e. The molecule has 1 heteroatoms. The number of hydrogen-bond acceptors (Lipinski definition) is 1. The van der Waals surface area contributed by atoms with Crippen molar-refractivity contribution in [3.8, 4) is 72.8 Å². The number of nitriles is 1. The topological polar surface area (TPSA) is 23.8 Å². The van der Waals surface area contributed by atoms with Gasteiger partial charge in [-0.1, -0.05) is 154 Å². The summed E-state index contributed by atoms with van der Waals surface area (Å²) in [6, 6.07) is 54.8. The minimum Gasteiger partial charge on any atom is -0.192 e. The van der Waals surface area contributed by atoms with Gasteiger partial charge in [0, 0.05) is 0 Å². The molecule has 0 unspecified atom stereocenters. The molecule has 8 rings (SSSR count). The highest BCUT2D eigenvalue weighted by atomic mass is 14.4. The van der Waals surface area contributed by atoms with Crippen LogP contribution in [0.15, 0.2) is 146 Å². The summed E-state index contributed by atoms with van der Waals surface area (Å²) in [6.45, 7) is 6.79. The molecule has 0 N–H and O–H groups in total. The van der Waals surface area contributed by atoms with Crippen molar-refractivity contribution in [3.63, 3.8) is 0 Å². The van der Waals surface area contributed by atoms with Crippen LogP contribution >= 0.6 is 0 Å². The fourth-order valence-corrected chi connectivity index (χ4v) is 7.26. The van der Waals surface area contributed by atoms with E-state index in [-0.39, 0.29) is 5.41 Å². The average Bonchev–Trinajstić information content (AvgIpc) is 3.43. The highest BCUT2D eigenvalue weighted by Gasteiger charge is 2.33. The smallest absolute Gasteiger partial charge is 0.0991 e. The van der Waals surface area contributed by atoms with E-state index in [0.29, 0.717) is 5.56 Å². The molecule has 0 heterocycles. The maximum Gasteiger partial charge on any atom is 0.0991 e. The molecule has 0 radical (unpaired) electrons. The van der Waals surface area contributed by atoms with Gasteiger partial charge in [-0.05, 0) is 101 Å². The Labute approximate surface area is 271 Å². The lowest BCUT2D eigenvalue weighted by atomic mass is 9.76. The lowest BCUT2D eigenvalue weighted by Crippen LogP contribution is -2.10. The number of benzene rings is 7. The first-order valence-corrected chi connectivity index (χ1v) is 15.9. The van der Waals surface area contributed by atoms with Crippen LogP contribution in [-0.4, -0.2) is 0 Å². The quantitative estimate of drug-likeness (QED) is 0.201. The number of hydrogen-bond donors (Lipinski definition) is 0. The third-order valence-electron chi connectivity index (χ3n) is 9.41. The Hall–Kier alpha value is -5.71. The molecule has 0 atom stereocenters. The van der Waals surface area contributed by atoms with Gasteiger partial charge in [0.05, 0.1) is 11.6 Å². The summed E-state index contributed by atoms with van der Waals surface area (Å²) >= 11 is 0. The third kappa shape index (κ3) is 4.38. The summed E-state index contributed by atoms with van der Waals surface area (Å²) < 4.78 is 0. The summed E-state index contributed by atoms with van der Waals surface area (Å²) in [5.74, 6) is 0. The minimum atomic E-state index is 0.0428. The van der Waals surface area contributed by atoms with Crippen LogP contribution in [0.5, 0.6) is 0 Å². The molecule has 0 aliphatic heterocycles. The summed E-state index contributed by atoms with van der Waals surface area (Å²) in [7, 11) is 0. The van der Waals surface area contributed by atoms with Gasteiger partial charge in [0.2, 0.25) is 0 Å². The lowest BCUT2D eigenvalue weighted by molar-refractivity contribution is 0.590. The number of nitrogens with zero attached hydrogens (tertiary/aromatic N) is 1. The van der Waals surface area contributed by atoms with Crippen molar-refractivity contribution in [2.45, 2.75) is 26.2 Å². The fraction of sp³-hybridized carbons (Fsp3) is 0.0889. The van der Waals surface area contributed by atoms with Crippen LogP contribution in [0.1, 0.15) is 31.9 Å². The Kier molecular flexibility index (Phi) is 6.48. The van der Waals surface area contributed by atoms with E-state index in [1.807, 2.05) is 12.1 Å². The molecule has 0 fully saturated rings. The monoisotopic (exact) mass is 587 g/mol. The first-order valence-electron chi connectivity index (χ1n) is 15.9. The second-order valence-corrected chi connectivity index (χ2v) is 13.2. The van der Waals surface area contributed by atoms with E-state index in [1.54, 1.807) is 0 Å². The van der Waals surface area contributed by atoms with E-state index < -0.39 is 0 Å². The molecule has 0 bridgehead atoms. The number of rotatable bonds is 4. The van der Waals surface area contributed by atoms with Crippen LogP contribution in [0.25, 0.3) is 77.5 Å². The second kappa shape index (κ2) is 10.7. The van der Waals surface area contributed by atoms with Gasteiger partial charge in [-0.2, -0.15) is 5.26 Å². The molecule has 0 spiro atoms. The molecular weight excluding hydrogens is 555 g/mol. The summed E-state index contributed by atoms with van der Waals surface area (Å²) in [6.07, 6.45) is 0. The van der Waals surface area contributed by atoms with Crippen LogP contribution < -0.4 is 0 Å². The molecule has 0 saturated heterocycles. The molecule has 0 saturated carbocycles. The summed E-state index contributed by atoms with van der Waals surface area (Å²) in [5.41, 5.74) is 16.6. The van der Waals surface area contributed by atoms with Gasteiger partial charge < -0.3 is 0 Å². The van der Waals surface area contributed by atoms with Gasteiger partial charge in [0.1, 0.15) is 0 Å². The molecule has 1 aliphatic rings. The van der Waals surface area contributed by atoms with Crippen LogP contribution in [-0.2, 0) is 5.41 Å². The highest BCUT2D eigenvalue weighted by molar-refractivity contribution is 6.25. The Bertz CT molecular complexity index is 2290. The molecule has 7 aromatic carbocycles. The van der Waals surface area contributed by atoms with Gasteiger partial charge in [-0.3, -0.25) is 0 Å². The molecule has 7 aromatic rings. The molecule has 1 aliphatic carbocycles. The van der Waals surface area contributed by atoms with E-state index in [4.69, 9.17) is 0 Å². The normalized spacial score (nSPS) is 11.8. The van der Waals surface area contributed by atoms with Crippen LogP contribution in [0.4, 0.5) is 0 Å². The van der Waals surface area contributed by atoms with Gasteiger partial charge in [-0.25, -0.2) is 0 Å². The Morgan fingerprint density at radius 2 is 0.826 bits per heavy atom. The first-order chi connectivity index (χ1) is 22.4. The molecule has 0 aromatic heterocycles. The zero-order chi connectivity index (χ0) is 31.4. The summed E-state index contributed by atoms with van der Waals surface area (Å²) in [5, 5.41) is 12.3. The minimum absolute atomic E-state index is 0.0428. The highest BCUT2D eigenvalue weighted by Crippen LogP contribution is 2.60. The second-order valence-electron chi connectivity index (χ2n) is 13.2. The first kappa shape index (κ1) is 27.8. The van der Waals surface area contributed by atoms with Gasteiger partial charge in [0.15, 0.2) is 0 Å². The van der Waals surface area contributed by atoms with Crippen LogP contribution in [0.2, 0.25) is 0 Å². The van der Waals surface area contributed by atoms with E-state index in [9.17, 15) is 5.26 Å². The van der Waals surface area contributed by atoms with Crippen LogP contribution in [0.3, 0.4) is 0 Å². The zero-order valence-electron chi connectivity index (χ0n) is 26.3. The Morgan fingerprint density at radius 3 is 1.26 bits per heavy atom. The SMILES string of the molecule is CC(C)(C)c1ccc(-c2c(-c3ccc(C#N)cc3)c(-c3ccccc3)c3c(c2-c2ccccc2)-c2cccc4cccc-3c24)cc1. The van der Waals surface area contributed by atoms with Gasteiger partial charge in [0.25, 0.3) is 0 Å². The fourth-order valence-electron chi connectivity index (χ4n) is 7.26. The predicted molar refractivity (Wildman–Crippen MR) is 194 cm³/mol. The van der Waals surface area contributed by atoms with Gasteiger partial charge in [-0.15, -0.1) is 0 Å². The number of fused-ring (bicyclic) bond motifs is 3. The van der Waals surface area contributed by atoms with E-state index in [2.05, 4.69) is 160 Å². The van der Waals surface area contributed by atoms with Crippen molar-refractivity contribution in [2.24, 2.45) is 0 Å². The maximum absolute atomic E-state index is 9.71. The maximum atomic E-state index is 9.71. The third-order valence-corrected chi connectivity index (χ3v) is 9.41. The molecule has 0 amide bonds. The Morgan fingerprint density at radius 1 is 0.413 bits per heavy atom. The van der Waals surface area contributed by atoms with Crippen molar-refractivity contribution in [1.29, 1.82) is 5.26 Å². The molecule has 1 nitrogen and oxygen atoms in total. The van der Waals surface area contributed by atoms with Crippen molar-refractivity contribution in [3.05, 3.63) is 157 Å². The van der Waals surface area contributed by atoms with E-state index in [0.717, 1.165) is 5.56 Å². The van der Waals surface area contributed by atoms with E-state index >= 15 is 0 Å². The summed E-state index contributed by atoms with van der Waals surface area (Å²) in [4.78, 5) is 0.